The van der Waals surface area contributed by atoms with Crippen molar-refractivity contribution in [1.82, 2.24) is 5.32 Å². The molecule has 4 nitrogen and oxygen atoms in total. The quantitative estimate of drug-likeness (QED) is 0.723. The first-order chi connectivity index (χ1) is 10.1. The summed E-state index contributed by atoms with van der Waals surface area (Å²) in [6.07, 6.45) is 8.41. The van der Waals surface area contributed by atoms with Crippen molar-refractivity contribution >= 4 is 0 Å². The highest BCUT2D eigenvalue weighted by Crippen LogP contribution is 2.29. The van der Waals surface area contributed by atoms with E-state index in [9.17, 15) is 5.11 Å². The van der Waals surface area contributed by atoms with E-state index in [0.29, 0.717) is 25.2 Å². The summed E-state index contributed by atoms with van der Waals surface area (Å²) in [5, 5.41) is 13.4. The lowest BCUT2D eigenvalue weighted by Crippen LogP contribution is -2.42. The van der Waals surface area contributed by atoms with Crippen LogP contribution >= 0.6 is 0 Å². The fraction of sp³-hybridized carbons (Fsp3) is 1.00. The van der Waals surface area contributed by atoms with Crippen molar-refractivity contribution in [2.45, 2.75) is 76.6 Å². The van der Waals surface area contributed by atoms with Crippen LogP contribution in [0.15, 0.2) is 0 Å². The summed E-state index contributed by atoms with van der Waals surface area (Å²) in [4.78, 5) is 0. The van der Waals surface area contributed by atoms with Crippen LogP contribution in [0.2, 0.25) is 0 Å². The van der Waals surface area contributed by atoms with Gasteiger partial charge < -0.3 is 19.9 Å². The molecule has 1 heterocycles. The minimum atomic E-state index is -0.422. The minimum absolute atomic E-state index is 0.0444. The third kappa shape index (κ3) is 5.51. The second kappa shape index (κ2) is 8.47. The predicted molar refractivity (Wildman–Crippen MR) is 84.5 cm³/mol. The van der Waals surface area contributed by atoms with Crippen molar-refractivity contribution in [3.05, 3.63) is 0 Å². The maximum Gasteiger partial charge on any atom is 0.0897 e. The van der Waals surface area contributed by atoms with Crippen LogP contribution in [0.1, 0.15) is 58.8 Å². The Hall–Kier alpha value is -0.160. The molecule has 2 fully saturated rings. The number of aliphatic hydroxyl groups is 1. The third-order valence-corrected chi connectivity index (χ3v) is 5.05. The lowest BCUT2D eigenvalue weighted by Gasteiger charge is -2.31. The van der Waals surface area contributed by atoms with E-state index in [1.165, 1.54) is 25.7 Å². The van der Waals surface area contributed by atoms with Gasteiger partial charge in [-0.1, -0.05) is 26.2 Å². The molecule has 4 atom stereocenters. The summed E-state index contributed by atoms with van der Waals surface area (Å²) >= 11 is 0. The van der Waals surface area contributed by atoms with Gasteiger partial charge in [-0.2, -0.15) is 0 Å². The second-order valence-corrected chi connectivity index (χ2v) is 7.01. The van der Waals surface area contributed by atoms with Crippen LogP contribution in [0.5, 0.6) is 0 Å². The molecule has 4 heteroatoms. The molecule has 0 amide bonds. The van der Waals surface area contributed by atoms with Gasteiger partial charge in [0.25, 0.3) is 0 Å². The van der Waals surface area contributed by atoms with Gasteiger partial charge in [0.1, 0.15) is 0 Å². The van der Waals surface area contributed by atoms with Gasteiger partial charge in [-0.05, 0) is 38.5 Å². The molecule has 0 aromatic rings. The van der Waals surface area contributed by atoms with Gasteiger partial charge in [0.2, 0.25) is 0 Å². The Kier molecular flexibility index (Phi) is 6.93. The first-order valence-corrected chi connectivity index (χ1v) is 8.77. The molecule has 1 aliphatic heterocycles. The van der Waals surface area contributed by atoms with Gasteiger partial charge in [0.05, 0.1) is 24.4 Å². The zero-order chi connectivity index (χ0) is 15.1. The second-order valence-electron chi connectivity index (χ2n) is 7.01. The summed E-state index contributed by atoms with van der Waals surface area (Å²) in [5.41, 5.74) is -0.0444. The van der Waals surface area contributed by atoms with Crippen LogP contribution in [0.3, 0.4) is 0 Å². The smallest absolute Gasteiger partial charge is 0.0897 e. The lowest BCUT2D eigenvalue weighted by molar-refractivity contribution is -0.0513. The van der Waals surface area contributed by atoms with Crippen LogP contribution in [0.4, 0.5) is 0 Å². The first kappa shape index (κ1) is 17.2. The Morgan fingerprint density at radius 3 is 2.86 bits per heavy atom. The van der Waals surface area contributed by atoms with Crippen molar-refractivity contribution in [1.29, 1.82) is 0 Å². The maximum atomic E-state index is 10.1. The van der Waals surface area contributed by atoms with E-state index in [0.717, 1.165) is 32.4 Å². The van der Waals surface area contributed by atoms with E-state index >= 15 is 0 Å². The Morgan fingerprint density at radius 1 is 1.33 bits per heavy atom. The highest BCUT2D eigenvalue weighted by Gasteiger charge is 2.29. The molecule has 0 spiro atoms. The van der Waals surface area contributed by atoms with E-state index in [2.05, 4.69) is 19.2 Å². The summed E-state index contributed by atoms with van der Waals surface area (Å²) in [7, 11) is 0. The Morgan fingerprint density at radius 2 is 2.14 bits per heavy atom. The molecule has 2 aliphatic rings. The number of hydrogen-bond acceptors (Lipinski definition) is 4. The molecule has 1 saturated carbocycles. The van der Waals surface area contributed by atoms with Crippen molar-refractivity contribution < 1.29 is 14.6 Å². The molecule has 124 valence electrons. The van der Waals surface area contributed by atoms with Crippen molar-refractivity contribution in [2.75, 3.05) is 26.3 Å². The zero-order valence-corrected chi connectivity index (χ0v) is 13.8. The Bertz CT molecular complexity index is 292. The van der Waals surface area contributed by atoms with Gasteiger partial charge >= 0.3 is 0 Å². The standard InChI is InChI=1S/C17H33NO3/c1-3-14-7-4-5-8-16(14)20-12-15(19)11-18-13-17(2)9-6-10-21-17/h14-16,18-19H,3-13H2,1-2H3. The number of aliphatic hydroxyl groups excluding tert-OH is 1. The molecular formula is C17H33NO3. The van der Waals surface area contributed by atoms with Crippen LogP contribution in [0, 0.1) is 5.92 Å². The van der Waals surface area contributed by atoms with E-state index in [-0.39, 0.29) is 5.60 Å². The number of ether oxygens (including phenoxy) is 2. The molecule has 21 heavy (non-hydrogen) atoms. The van der Waals surface area contributed by atoms with Gasteiger partial charge in [-0.15, -0.1) is 0 Å². The molecule has 0 bridgehead atoms. The molecule has 2 N–H and O–H groups in total. The molecular weight excluding hydrogens is 266 g/mol. The average molecular weight is 299 g/mol. The van der Waals surface area contributed by atoms with Crippen molar-refractivity contribution in [3.8, 4) is 0 Å². The topological polar surface area (TPSA) is 50.7 Å². The molecule has 4 unspecified atom stereocenters. The third-order valence-electron chi connectivity index (χ3n) is 5.05. The monoisotopic (exact) mass is 299 g/mol. The minimum Gasteiger partial charge on any atom is -0.389 e. The molecule has 1 aliphatic carbocycles. The highest BCUT2D eigenvalue weighted by atomic mass is 16.5. The van der Waals surface area contributed by atoms with Crippen LogP contribution in [-0.2, 0) is 9.47 Å². The van der Waals surface area contributed by atoms with E-state index < -0.39 is 6.10 Å². The largest absolute Gasteiger partial charge is 0.389 e. The molecule has 2 rings (SSSR count). The first-order valence-electron chi connectivity index (χ1n) is 8.77. The molecule has 0 radical (unpaired) electrons. The molecule has 0 aromatic carbocycles. The average Bonchev–Trinajstić information content (AvgIpc) is 2.92. The number of nitrogens with one attached hydrogen (secondary N) is 1. The summed E-state index contributed by atoms with van der Waals surface area (Å²) < 4.78 is 11.7. The highest BCUT2D eigenvalue weighted by molar-refractivity contribution is 4.83. The summed E-state index contributed by atoms with van der Waals surface area (Å²) in [6.45, 7) is 7.10. The zero-order valence-electron chi connectivity index (χ0n) is 13.8. The molecule has 1 saturated heterocycles. The van der Waals surface area contributed by atoms with Gasteiger partial charge in [0.15, 0.2) is 0 Å². The summed E-state index contributed by atoms with van der Waals surface area (Å²) in [6, 6.07) is 0. The van der Waals surface area contributed by atoms with Crippen molar-refractivity contribution in [3.63, 3.8) is 0 Å². The summed E-state index contributed by atoms with van der Waals surface area (Å²) in [5.74, 6) is 0.685. The van der Waals surface area contributed by atoms with Crippen LogP contribution < -0.4 is 5.32 Å². The SMILES string of the molecule is CCC1CCCCC1OCC(O)CNCC1(C)CCCO1. The maximum absolute atomic E-state index is 10.1. The number of hydrogen-bond donors (Lipinski definition) is 2. The van der Waals surface area contributed by atoms with Gasteiger partial charge in [-0.25, -0.2) is 0 Å². The Labute approximate surface area is 129 Å². The molecule has 0 aromatic heterocycles. The van der Waals surface area contributed by atoms with E-state index in [1.54, 1.807) is 0 Å². The van der Waals surface area contributed by atoms with E-state index in [1.807, 2.05) is 0 Å². The lowest BCUT2D eigenvalue weighted by atomic mass is 9.85. The Balaban J connectivity index is 1.59. The van der Waals surface area contributed by atoms with Crippen LogP contribution in [-0.4, -0.2) is 49.2 Å². The van der Waals surface area contributed by atoms with E-state index in [4.69, 9.17) is 9.47 Å². The predicted octanol–water partition coefficient (Wildman–Crippen LogP) is 2.49. The normalized spacial score (nSPS) is 35.0. The fourth-order valence-corrected chi connectivity index (χ4v) is 3.63. The number of rotatable bonds is 8. The van der Waals surface area contributed by atoms with Crippen molar-refractivity contribution in [2.24, 2.45) is 5.92 Å². The van der Waals surface area contributed by atoms with Gasteiger partial charge in [-0.3, -0.25) is 0 Å². The van der Waals surface area contributed by atoms with Gasteiger partial charge in [0, 0.05) is 19.7 Å². The van der Waals surface area contributed by atoms with Crippen LogP contribution in [0.25, 0.3) is 0 Å². The fourth-order valence-electron chi connectivity index (χ4n) is 3.63.